The van der Waals surface area contributed by atoms with E-state index in [1.54, 1.807) is 22.2 Å². The molecule has 4 rings (SSSR count). The number of amides is 3. The molecule has 3 amide bonds. The topological polar surface area (TPSA) is 79.5 Å². The van der Waals surface area contributed by atoms with Gasteiger partial charge in [0.15, 0.2) is 0 Å². The molecule has 0 unspecified atom stereocenters. The van der Waals surface area contributed by atoms with Crippen LogP contribution in [0.4, 0.5) is 10.5 Å². The number of carbonyl (C=O) groups is 2. The predicted octanol–water partition coefficient (Wildman–Crippen LogP) is 1.98. The summed E-state index contributed by atoms with van der Waals surface area (Å²) in [6.45, 7) is 1.48. The lowest BCUT2D eigenvalue weighted by Crippen LogP contribution is -2.41. The number of primary amides is 1. The second kappa shape index (κ2) is 5.88. The zero-order valence-electron chi connectivity index (χ0n) is 13.8. The lowest BCUT2D eigenvalue weighted by molar-refractivity contribution is -0.125. The Morgan fingerprint density at radius 1 is 1.20 bits per heavy atom. The van der Waals surface area contributed by atoms with Crippen LogP contribution < -0.4 is 10.6 Å². The van der Waals surface area contributed by atoms with Crippen molar-refractivity contribution in [2.75, 3.05) is 24.5 Å². The standard InChI is InChI=1S/C19H20N4O2/c20-18(25)22-12-16(14-5-2-1-3-6-14)19(13-22)8-10-23(17(19)24)15-7-4-9-21-11-15/h1-7,9,11,16H,8,10,12-13H2,(H2,20,25)/t16-,19+/m1/s1. The van der Waals surface area contributed by atoms with Crippen molar-refractivity contribution in [3.63, 3.8) is 0 Å². The van der Waals surface area contributed by atoms with Gasteiger partial charge in [-0.3, -0.25) is 9.78 Å². The zero-order valence-corrected chi connectivity index (χ0v) is 13.8. The number of benzene rings is 1. The van der Waals surface area contributed by atoms with E-state index in [4.69, 9.17) is 5.73 Å². The molecular weight excluding hydrogens is 316 g/mol. The Balaban J connectivity index is 1.73. The maximum absolute atomic E-state index is 13.4. The van der Waals surface area contributed by atoms with Crippen LogP contribution in [-0.4, -0.2) is 41.5 Å². The van der Waals surface area contributed by atoms with Crippen LogP contribution >= 0.6 is 0 Å². The molecule has 2 aliphatic heterocycles. The number of anilines is 1. The van der Waals surface area contributed by atoms with Gasteiger partial charge in [-0.25, -0.2) is 4.79 Å². The molecule has 0 radical (unpaired) electrons. The fraction of sp³-hybridized carbons (Fsp3) is 0.316. The minimum Gasteiger partial charge on any atom is -0.351 e. The van der Waals surface area contributed by atoms with Crippen LogP contribution in [0.1, 0.15) is 17.9 Å². The highest BCUT2D eigenvalue weighted by molar-refractivity contribution is 6.01. The van der Waals surface area contributed by atoms with Gasteiger partial charge in [0.25, 0.3) is 0 Å². The number of nitrogens with zero attached hydrogens (tertiary/aromatic N) is 3. The lowest BCUT2D eigenvalue weighted by Gasteiger charge is -2.28. The molecule has 3 heterocycles. The summed E-state index contributed by atoms with van der Waals surface area (Å²) in [6, 6.07) is 13.2. The molecule has 0 aliphatic carbocycles. The number of carbonyl (C=O) groups excluding carboxylic acids is 2. The fourth-order valence-electron chi connectivity index (χ4n) is 4.21. The number of pyridine rings is 1. The monoisotopic (exact) mass is 336 g/mol. The van der Waals surface area contributed by atoms with E-state index in [1.165, 1.54) is 0 Å². The summed E-state index contributed by atoms with van der Waals surface area (Å²) in [7, 11) is 0. The quantitative estimate of drug-likeness (QED) is 0.911. The zero-order chi connectivity index (χ0) is 17.4. The van der Waals surface area contributed by atoms with E-state index < -0.39 is 11.4 Å². The second-order valence-electron chi connectivity index (χ2n) is 6.76. The van der Waals surface area contributed by atoms with Gasteiger partial charge in [0, 0.05) is 31.7 Å². The summed E-state index contributed by atoms with van der Waals surface area (Å²) in [5, 5.41) is 0. The van der Waals surface area contributed by atoms with Crippen molar-refractivity contribution >= 4 is 17.6 Å². The summed E-state index contributed by atoms with van der Waals surface area (Å²) in [6.07, 6.45) is 4.09. The van der Waals surface area contributed by atoms with E-state index in [1.807, 2.05) is 42.5 Å². The Kier molecular flexibility index (Phi) is 3.67. The van der Waals surface area contributed by atoms with Crippen molar-refractivity contribution in [3.8, 4) is 0 Å². The van der Waals surface area contributed by atoms with Gasteiger partial charge in [0.1, 0.15) is 0 Å². The van der Waals surface area contributed by atoms with Gasteiger partial charge in [-0.2, -0.15) is 0 Å². The fourth-order valence-corrected chi connectivity index (χ4v) is 4.21. The molecule has 2 atom stereocenters. The molecule has 6 heteroatoms. The van der Waals surface area contributed by atoms with E-state index in [9.17, 15) is 9.59 Å². The van der Waals surface area contributed by atoms with Crippen LogP contribution in [0.15, 0.2) is 54.9 Å². The van der Waals surface area contributed by atoms with Crippen LogP contribution in [0, 0.1) is 5.41 Å². The molecule has 1 aromatic heterocycles. The molecule has 25 heavy (non-hydrogen) atoms. The van der Waals surface area contributed by atoms with E-state index in [2.05, 4.69) is 4.98 Å². The molecule has 1 aromatic carbocycles. The molecule has 0 saturated carbocycles. The first-order chi connectivity index (χ1) is 12.1. The Morgan fingerprint density at radius 2 is 2.00 bits per heavy atom. The third-order valence-corrected chi connectivity index (χ3v) is 5.47. The molecular formula is C19H20N4O2. The summed E-state index contributed by atoms with van der Waals surface area (Å²) >= 11 is 0. The molecule has 1 spiro atoms. The van der Waals surface area contributed by atoms with E-state index in [-0.39, 0.29) is 11.8 Å². The number of hydrogen-bond acceptors (Lipinski definition) is 3. The first kappa shape index (κ1) is 15.6. The SMILES string of the molecule is NC(=O)N1C[C@H](c2ccccc2)[C@]2(CCN(c3cccnc3)C2=O)C1. The number of aromatic nitrogens is 1. The predicted molar refractivity (Wildman–Crippen MR) is 94.0 cm³/mol. The van der Waals surface area contributed by atoms with Crippen molar-refractivity contribution in [2.45, 2.75) is 12.3 Å². The molecule has 2 saturated heterocycles. The first-order valence-electron chi connectivity index (χ1n) is 8.43. The average Bonchev–Trinajstić information content (AvgIpc) is 3.19. The highest BCUT2D eigenvalue weighted by Gasteiger charge is 2.58. The van der Waals surface area contributed by atoms with E-state index in [0.717, 1.165) is 11.3 Å². The second-order valence-corrected chi connectivity index (χ2v) is 6.76. The normalized spacial score (nSPS) is 25.8. The minimum atomic E-state index is -0.619. The van der Waals surface area contributed by atoms with Gasteiger partial charge in [0.2, 0.25) is 5.91 Å². The van der Waals surface area contributed by atoms with Gasteiger partial charge in [-0.15, -0.1) is 0 Å². The molecule has 128 valence electrons. The summed E-state index contributed by atoms with van der Waals surface area (Å²) in [5.74, 6) is 0.00785. The smallest absolute Gasteiger partial charge is 0.314 e. The van der Waals surface area contributed by atoms with Crippen molar-refractivity contribution < 1.29 is 9.59 Å². The molecule has 2 aromatic rings. The number of hydrogen-bond donors (Lipinski definition) is 1. The molecule has 2 aliphatic rings. The first-order valence-corrected chi connectivity index (χ1v) is 8.43. The van der Waals surface area contributed by atoms with Gasteiger partial charge >= 0.3 is 6.03 Å². The number of urea groups is 1. The summed E-state index contributed by atoms with van der Waals surface area (Å²) in [4.78, 5) is 32.7. The molecule has 6 nitrogen and oxygen atoms in total. The Hall–Kier alpha value is -2.89. The Bertz CT molecular complexity index is 796. The summed E-state index contributed by atoms with van der Waals surface area (Å²) in [5.41, 5.74) is 6.79. The van der Waals surface area contributed by atoms with Crippen LogP contribution in [0.5, 0.6) is 0 Å². The van der Waals surface area contributed by atoms with Crippen LogP contribution in [0.25, 0.3) is 0 Å². The highest BCUT2D eigenvalue weighted by Crippen LogP contribution is 2.50. The van der Waals surface area contributed by atoms with Crippen molar-refractivity contribution in [3.05, 3.63) is 60.4 Å². The van der Waals surface area contributed by atoms with Crippen LogP contribution in [-0.2, 0) is 4.79 Å². The third-order valence-electron chi connectivity index (χ3n) is 5.47. The third kappa shape index (κ3) is 2.45. The highest BCUT2D eigenvalue weighted by atomic mass is 16.2. The number of likely N-dealkylation sites (tertiary alicyclic amines) is 1. The molecule has 0 bridgehead atoms. The van der Waals surface area contributed by atoms with E-state index >= 15 is 0 Å². The van der Waals surface area contributed by atoms with Crippen molar-refractivity contribution in [2.24, 2.45) is 11.1 Å². The molecule has 2 fully saturated rings. The van der Waals surface area contributed by atoms with E-state index in [0.29, 0.717) is 26.1 Å². The average molecular weight is 336 g/mol. The van der Waals surface area contributed by atoms with Crippen LogP contribution in [0.2, 0.25) is 0 Å². The van der Waals surface area contributed by atoms with Gasteiger partial charge in [0.05, 0.1) is 17.3 Å². The van der Waals surface area contributed by atoms with Gasteiger partial charge in [-0.1, -0.05) is 30.3 Å². The number of nitrogens with two attached hydrogens (primary N) is 1. The van der Waals surface area contributed by atoms with Gasteiger partial charge in [-0.05, 0) is 24.1 Å². The van der Waals surface area contributed by atoms with Crippen molar-refractivity contribution in [1.82, 2.24) is 9.88 Å². The lowest BCUT2D eigenvalue weighted by atomic mass is 9.73. The maximum Gasteiger partial charge on any atom is 0.314 e. The maximum atomic E-state index is 13.4. The van der Waals surface area contributed by atoms with Crippen molar-refractivity contribution in [1.29, 1.82) is 0 Å². The summed E-state index contributed by atoms with van der Waals surface area (Å²) < 4.78 is 0. The Morgan fingerprint density at radius 3 is 2.68 bits per heavy atom. The molecule has 2 N–H and O–H groups in total. The minimum absolute atomic E-state index is 0.0460. The Labute approximate surface area is 146 Å². The van der Waals surface area contributed by atoms with Crippen LogP contribution in [0.3, 0.4) is 0 Å². The van der Waals surface area contributed by atoms with Gasteiger partial charge < -0.3 is 15.5 Å². The number of rotatable bonds is 2. The largest absolute Gasteiger partial charge is 0.351 e.